The Morgan fingerprint density at radius 3 is 2.70 bits per heavy atom. The molecule has 0 N–H and O–H groups in total. The third-order valence-electron chi connectivity index (χ3n) is 2.70. The Morgan fingerprint density at radius 1 is 1.45 bits per heavy atom. The fourth-order valence-corrected chi connectivity index (χ4v) is 2.59. The van der Waals surface area contributed by atoms with Gasteiger partial charge in [0.2, 0.25) is 0 Å². The Hall–Kier alpha value is -0.660. The van der Waals surface area contributed by atoms with E-state index in [-0.39, 0.29) is 28.1 Å². The molecule has 2 rings (SSSR count). The zero-order valence-corrected chi connectivity index (χ0v) is 13.6. The van der Waals surface area contributed by atoms with Crippen molar-refractivity contribution in [3.63, 3.8) is 0 Å². The van der Waals surface area contributed by atoms with Crippen molar-refractivity contribution in [3.05, 3.63) is 28.0 Å². The van der Waals surface area contributed by atoms with E-state index in [1.54, 1.807) is 20.8 Å². The van der Waals surface area contributed by atoms with E-state index in [4.69, 9.17) is 4.74 Å². The van der Waals surface area contributed by atoms with Gasteiger partial charge < -0.3 is 9.29 Å². The summed E-state index contributed by atoms with van der Waals surface area (Å²) < 4.78 is 48.6. The first-order valence-corrected chi connectivity index (χ1v) is 7.87. The summed E-state index contributed by atoms with van der Waals surface area (Å²) in [5.74, 6) is -0.665. The lowest BCUT2D eigenvalue weighted by atomic mass is 10.0. The molecule has 0 fully saturated rings. The minimum Gasteiger partial charge on any atom is -0.591 e. The Bertz CT molecular complexity index is 560. The first-order valence-electron chi connectivity index (χ1n) is 5.97. The minimum absolute atomic E-state index is 0.0223. The van der Waals surface area contributed by atoms with E-state index in [1.165, 1.54) is 12.1 Å². The molecule has 1 heterocycles. The monoisotopic (exact) mass is 365 g/mol. The first kappa shape index (κ1) is 15.7. The number of nitrogens with zero attached hydrogens (tertiary/aromatic N) is 1. The van der Waals surface area contributed by atoms with E-state index >= 15 is 0 Å². The molecule has 1 aliphatic heterocycles. The summed E-state index contributed by atoms with van der Waals surface area (Å²) >= 11 is 1.43. The molecule has 1 aromatic carbocycles. The summed E-state index contributed by atoms with van der Waals surface area (Å²) in [5.41, 5.74) is 0.188. The largest absolute Gasteiger partial charge is 0.591 e. The van der Waals surface area contributed by atoms with Gasteiger partial charge in [0.1, 0.15) is 28.4 Å². The zero-order chi connectivity index (χ0) is 15.1. The number of fused-ring (bicyclic) bond motifs is 1. The molecule has 7 heteroatoms. The highest BCUT2D eigenvalue weighted by molar-refractivity contribution is 9.10. The second-order valence-corrected chi connectivity index (χ2v) is 8.11. The minimum atomic E-state index is -1.62. The lowest BCUT2D eigenvalue weighted by Crippen LogP contribution is -2.34. The van der Waals surface area contributed by atoms with Crippen molar-refractivity contribution in [2.75, 3.05) is 6.61 Å². The maximum absolute atomic E-state index is 14.0. The predicted octanol–water partition coefficient (Wildman–Crippen LogP) is 3.57. The van der Waals surface area contributed by atoms with Crippen LogP contribution in [0.25, 0.3) is 0 Å². The standard InChI is InChI=1S/C13H14BrF2NO2S/c1-13(2,3)20(18)17-11-7-4-5-8(14)10(16)12(7)19-6-9(11)15/h4-5,9H,6H2,1-3H3/t9-,20?/m1/s1. The molecule has 0 bridgehead atoms. The molecule has 1 unspecified atom stereocenters. The van der Waals surface area contributed by atoms with Crippen molar-refractivity contribution in [3.8, 4) is 5.75 Å². The van der Waals surface area contributed by atoms with E-state index in [2.05, 4.69) is 20.3 Å². The van der Waals surface area contributed by atoms with Crippen LogP contribution in [0.5, 0.6) is 5.75 Å². The highest BCUT2D eigenvalue weighted by atomic mass is 79.9. The van der Waals surface area contributed by atoms with Crippen LogP contribution in [0.4, 0.5) is 8.78 Å². The van der Waals surface area contributed by atoms with Gasteiger partial charge in [-0.15, -0.1) is 0 Å². The molecule has 3 nitrogen and oxygen atoms in total. The number of halogens is 3. The summed E-state index contributed by atoms with van der Waals surface area (Å²) in [6.07, 6.45) is -1.52. The van der Waals surface area contributed by atoms with Gasteiger partial charge in [-0.1, -0.05) is 4.40 Å². The number of ether oxygens (including phenoxy) is 1. The maximum atomic E-state index is 14.0. The summed E-state index contributed by atoms with van der Waals surface area (Å²) in [6.45, 7) is 4.88. The topological polar surface area (TPSA) is 44.7 Å². The molecular weight excluding hydrogens is 352 g/mol. The molecular formula is C13H14BrF2NO2S. The number of hydrogen-bond acceptors (Lipinski definition) is 3. The van der Waals surface area contributed by atoms with Crippen molar-refractivity contribution < 1.29 is 18.1 Å². The molecule has 0 saturated carbocycles. The van der Waals surface area contributed by atoms with Crippen molar-refractivity contribution in [2.24, 2.45) is 4.40 Å². The average molecular weight is 366 g/mol. The number of alkyl halides is 1. The van der Waals surface area contributed by atoms with Gasteiger partial charge in [0.05, 0.1) is 4.47 Å². The van der Waals surface area contributed by atoms with Crippen molar-refractivity contribution in [1.29, 1.82) is 0 Å². The van der Waals surface area contributed by atoms with Crippen molar-refractivity contribution in [1.82, 2.24) is 0 Å². The second kappa shape index (κ2) is 5.61. The highest BCUT2D eigenvalue weighted by Gasteiger charge is 2.35. The lowest BCUT2D eigenvalue weighted by molar-refractivity contribution is 0.222. The fourth-order valence-electron chi connectivity index (χ4n) is 1.61. The average Bonchev–Trinajstić information content (AvgIpc) is 2.35. The Labute approximate surface area is 127 Å². The van der Waals surface area contributed by atoms with Crippen molar-refractivity contribution >= 4 is 33.0 Å². The molecule has 2 atom stereocenters. The highest BCUT2D eigenvalue weighted by Crippen LogP contribution is 2.34. The van der Waals surface area contributed by atoms with Crippen LogP contribution in [-0.4, -0.2) is 27.8 Å². The van der Waals surface area contributed by atoms with Gasteiger partial charge in [-0.2, -0.15) is 0 Å². The van der Waals surface area contributed by atoms with Gasteiger partial charge in [-0.25, -0.2) is 8.78 Å². The zero-order valence-electron chi connectivity index (χ0n) is 11.2. The normalized spacial score (nSPS) is 22.4. The van der Waals surface area contributed by atoms with Gasteiger partial charge in [0.15, 0.2) is 17.7 Å². The molecule has 20 heavy (non-hydrogen) atoms. The quantitative estimate of drug-likeness (QED) is 0.714. The van der Waals surface area contributed by atoms with Gasteiger partial charge in [-0.3, -0.25) is 0 Å². The Balaban J connectivity index is 2.51. The Morgan fingerprint density at radius 2 is 2.10 bits per heavy atom. The number of rotatable bonds is 1. The van der Waals surface area contributed by atoms with E-state index in [1.807, 2.05) is 0 Å². The first-order chi connectivity index (χ1) is 9.21. The molecule has 0 amide bonds. The number of benzene rings is 1. The molecule has 1 aliphatic rings. The van der Waals surface area contributed by atoms with Gasteiger partial charge >= 0.3 is 0 Å². The summed E-state index contributed by atoms with van der Waals surface area (Å²) in [6, 6.07) is 2.96. The van der Waals surface area contributed by atoms with Crippen LogP contribution in [0, 0.1) is 5.82 Å². The predicted molar refractivity (Wildman–Crippen MR) is 78.9 cm³/mol. The molecule has 0 aliphatic carbocycles. The molecule has 1 aromatic rings. The van der Waals surface area contributed by atoms with Gasteiger partial charge in [-0.05, 0) is 48.8 Å². The summed E-state index contributed by atoms with van der Waals surface area (Å²) in [7, 11) is 0. The van der Waals surface area contributed by atoms with Gasteiger partial charge in [0, 0.05) is 5.56 Å². The van der Waals surface area contributed by atoms with Crippen molar-refractivity contribution in [2.45, 2.75) is 31.7 Å². The van der Waals surface area contributed by atoms with Crippen LogP contribution in [0.3, 0.4) is 0 Å². The van der Waals surface area contributed by atoms with Crippen LogP contribution >= 0.6 is 15.9 Å². The molecule has 0 spiro atoms. The summed E-state index contributed by atoms with van der Waals surface area (Å²) in [5, 5.41) is 0. The van der Waals surface area contributed by atoms with E-state index in [0.29, 0.717) is 0 Å². The fraction of sp³-hybridized carbons (Fsp3) is 0.462. The van der Waals surface area contributed by atoms with E-state index < -0.39 is 28.1 Å². The van der Waals surface area contributed by atoms with Crippen LogP contribution in [0.1, 0.15) is 26.3 Å². The molecule has 0 radical (unpaired) electrons. The van der Waals surface area contributed by atoms with E-state index in [9.17, 15) is 13.3 Å². The SMILES string of the molecule is CC(C)(C)[S+]([O-])N=C1c2ccc(Br)c(F)c2OC[C@H]1F. The third-order valence-corrected chi connectivity index (χ3v) is 4.72. The second-order valence-electron chi connectivity index (χ2n) is 5.35. The molecule has 0 aromatic heterocycles. The molecule has 110 valence electrons. The van der Waals surface area contributed by atoms with Crippen LogP contribution in [0.15, 0.2) is 21.0 Å². The maximum Gasteiger partial charge on any atom is 0.181 e. The van der Waals surface area contributed by atoms with Crippen LogP contribution < -0.4 is 4.74 Å². The van der Waals surface area contributed by atoms with Crippen LogP contribution in [0.2, 0.25) is 0 Å². The molecule has 0 saturated heterocycles. The summed E-state index contributed by atoms with van der Waals surface area (Å²) in [4.78, 5) is 0. The van der Waals surface area contributed by atoms with Crippen LogP contribution in [-0.2, 0) is 11.4 Å². The van der Waals surface area contributed by atoms with Gasteiger partial charge in [0.25, 0.3) is 0 Å². The third kappa shape index (κ3) is 2.99. The van der Waals surface area contributed by atoms with E-state index in [0.717, 1.165) is 0 Å². The number of hydrogen-bond donors (Lipinski definition) is 0. The Kier molecular flexibility index (Phi) is 4.41. The lowest BCUT2D eigenvalue weighted by Gasteiger charge is -2.24. The smallest absolute Gasteiger partial charge is 0.181 e.